The van der Waals surface area contributed by atoms with Crippen molar-refractivity contribution in [2.75, 3.05) is 16.9 Å². The number of alkyl halides is 2. The Kier molecular flexibility index (Phi) is 8.23. The first-order valence-electron chi connectivity index (χ1n) is 15.6. The van der Waals surface area contributed by atoms with Crippen LogP contribution in [0.1, 0.15) is 36.8 Å². The number of aryl methyl sites for hydroxylation is 1. The third-order valence-electron chi connectivity index (χ3n) is 10.4. The number of hydrogen-bond donors (Lipinski definition) is 1. The summed E-state index contributed by atoms with van der Waals surface area (Å²) in [6.45, 7) is 1.93. The largest absolute Gasteiger partial charge is 0.503 e. The van der Waals surface area contributed by atoms with Crippen molar-refractivity contribution in [3.8, 4) is 11.5 Å². The molecule has 16 heteroatoms. The predicted octanol–water partition coefficient (Wildman–Crippen LogP) is 7.08. The van der Waals surface area contributed by atoms with E-state index in [0.717, 1.165) is 10.5 Å². The van der Waals surface area contributed by atoms with Crippen molar-refractivity contribution < 1.29 is 51.0 Å². The third-order valence-corrected chi connectivity index (χ3v) is 12.1. The minimum absolute atomic E-state index is 0.0201. The number of amides is 4. The molecule has 6 atom stereocenters. The summed E-state index contributed by atoms with van der Waals surface area (Å²) in [5, 5.41) is 10.2. The monoisotopic (exact) mass is 768 g/mol. The maximum absolute atomic E-state index is 15.2. The topological polar surface area (TPSA) is 104 Å². The number of nitrogens with zero attached hydrogens (tertiary/aromatic N) is 2. The summed E-state index contributed by atoms with van der Waals surface area (Å²) in [5.41, 5.74) is -0.455. The van der Waals surface area contributed by atoms with Gasteiger partial charge in [0.2, 0.25) is 17.6 Å². The van der Waals surface area contributed by atoms with Gasteiger partial charge in [0.1, 0.15) is 5.69 Å². The van der Waals surface area contributed by atoms with Gasteiger partial charge in [-0.1, -0.05) is 42.3 Å². The van der Waals surface area contributed by atoms with Crippen LogP contribution in [0.4, 0.5) is 33.3 Å². The number of ether oxygens (including phenoxy) is 1. The van der Waals surface area contributed by atoms with Crippen molar-refractivity contribution in [1.29, 1.82) is 0 Å². The normalized spacial score (nSPS) is 28.5. The van der Waals surface area contributed by atoms with E-state index in [-0.39, 0.29) is 38.9 Å². The Hall–Kier alpha value is -4.20. The molecular formula is C35H24Cl3F5N2O6. The molecule has 0 spiro atoms. The van der Waals surface area contributed by atoms with Gasteiger partial charge in [0.05, 0.1) is 29.7 Å². The van der Waals surface area contributed by atoms with Crippen molar-refractivity contribution in [2.45, 2.75) is 41.9 Å². The molecule has 266 valence electrons. The summed E-state index contributed by atoms with van der Waals surface area (Å²) >= 11 is 20.6. The molecule has 1 N–H and O–H groups in total. The van der Waals surface area contributed by atoms with Crippen molar-refractivity contribution in [3.05, 3.63) is 93.3 Å². The summed E-state index contributed by atoms with van der Waals surface area (Å²) < 4.78 is 78.7. The highest BCUT2D eigenvalue weighted by molar-refractivity contribution is 6.58. The zero-order valence-corrected chi connectivity index (χ0v) is 28.6. The highest BCUT2D eigenvalue weighted by atomic mass is 35.5. The van der Waals surface area contributed by atoms with E-state index in [1.165, 1.54) is 19.2 Å². The molecule has 3 fully saturated rings. The smallest absolute Gasteiger partial charge is 0.258 e. The average Bonchev–Trinajstić information content (AvgIpc) is 3.45. The summed E-state index contributed by atoms with van der Waals surface area (Å²) in [7, 11) is 1.19. The molecule has 3 aromatic rings. The van der Waals surface area contributed by atoms with Crippen molar-refractivity contribution in [2.24, 2.45) is 17.8 Å². The molecule has 1 saturated carbocycles. The summed E-state index contributed by atoms with van der Waals surface area (Å²) in [4.78, 5) is 52.1. The van der Waals surface area contributed by atoms with Gasteiger partial charge in [-0.25, -0.2) is 26.9 Å². The number of phenolic OH excluding ortho intramolecular Hbond substituents is 1. The van der Waals surface area contributed by atoms with Crippen LogP contribution in [0.25, 0.3) is 0 Å². The van der Waals surface area contributed by atoms with E-state index in [0.29, 0.717) is 6.42 Å². The number of allylic oxidation sites excluding steroid dienone is 2. The number of carbonyl (C=O) groups excluding carboxylic acids is 4. The molecular weight excluding hydrogens is 746 g/mol. The Labute approximate surface area is 301 Å². The Bertz CT molecular complexity index is 2100. The molecule has 0 bridgehead atoms. The number of fused-ring (bicyclic) bond motifs is 4. The number of aromatic hydroxyl groups is 1. The van der Waals surface area contributed by atoms with Gasteiger partial charge < -0.3 is 9.84 Å². The summed E-state index contributed by atoms with van der Waals surface area (Å²) in [6.07, 6.45) is 1.54. The fraction of sp³-hybridized carbons (Fsp3) is 0.314. The molecule has 2 heterocycles. The zero-order chi connectivity index (χ0) is 37.1. The minimum Gasteiger partial charge on any atom is -0.503 e. The molecule has 4 amide bonds. The molecule has 4 aliphatic rings. The van der Waals surface area contributed by atoms with Crippen LogP contribution < -0.4 is 14.5 Å². The SMILES string of the molecule is CCc1ccc(N2C(=O)[C@H]3[C@H](CC=C4[C@H]3C[C@@]3(Cl)C(=O)N(c5c(F)c(F)c(F)c(F)c5F)C(=O)[C@@]3(Cl)[C@H]4c3cc(Cl)c(O)c(OC)c3)C2=O)cc1. The number of methoxy groups -OCH3 is 1. The number of anilines is 2. The lowest BCUT2D eigenvalue weighted by molar-refractivity contribution is -0.125. The number of rotatable bonds is 5. The Balaban J connectivity index is 1.44. The second-order valence-corrected chi connectivity index (χ2v) is 14.4. The van der Waals surface area contributed by atoms with Gasteiger partial charge in [0, 0.05) is 5.92 Å². The van der Waals surface area contributed by atoms with Gasteiger partial charge in [-0.15, -0.1) is 23.2 Å². The van der Waals surface area contributed by atoms with Crippen LogP contribution in [0, 0.1) is 46.8 Å². The summed E-state index contributed by atoms with van der Waals surface area (Å²) in [5.74, 6) is -22.4. The molecule has 3 aromatic carbocycles. The number of benzene rings is 3. The fourth-order valence-corrected chi connectivity index (χ4v) is 9.15. The average molecular weight is 770 g/mol. The van der Waals surface area contributed by atoms with Crippen LogP contribution in [-0.2, 0) is 25.6 Å². The lowest BCUT2D eigenvalue weighted by Crippen LogP contribution is -2.60. The first kappa shape index (κ1) is 35.2. The van der Waals surface area contributed by atoms with Crippen LogP contribution in [0.3, 0.4) is 0 Å². The molecule has 51 heavy (non-hydrogen) atoms. The highest BCUT2D eigenvalue weighted by Gasteiger charge is 2.77. The number of hydrogen-bond acceptors (Lipinski definition) is 6. The second kappa shape index (κ2) is 11.9. The Morgan fingerprint density at radius 1 is 0.863 bits per heavy atom. The van der Waals surface area contributed by atoms with Crippen LogP contribution in [0.15, 0.2) is 48.0 Å². The van der Waals surface area contributed by atoms with E-state index in [9.17, 15) is 37.5 Å². The molecule has 0 unspecified atom stereocenters. The van der Waals surface area contributed by atoms with Crippen molar-refractivity contribution in [1.82, 2.24) is 0 Å². The van der Waals surface area contributed by atoms with Gasteiger partial charge >= 0.3 is 0 Å². The number of phenols is 1. The highest BCUT2D eigenvalue weighted by Crippen LogP contribution is 2.66. The fourth-order valence-electron chi connectivity index (χ4n) is 7.99. The zero-order valence-electron chi connectivity index (χ0n) is 26.4. The first-order valence-corrected chi connectivity index (χ1v) is 16.7. The van der Waals surface area contributed by atoms with E-state index < -0.39 is 104 Å². The minimum atomic E-state index is -2.76. The van der Waals surface area contributed by atoms with Crippen molar-refractivity contribution in [3.63, 3.8) is 0 Å². The maximum Gasteiger partial charge on any atom is 0.258 e. The van der Waals surface area contributed by atoms with E-state index in [4.69, 9.17) is 39.5 Å². The van der Waals surface area contributed by atoms with Gasteiger partial charge in [-0.3, -0.25) is 24.1 Å². The number of halogens is 8. The number of carbonyl (C=O) groups is 4. The Morgan fingerprint density at radius 3 is 2.06 bits per heavy atom. The van der Waals surface area contributed by atoms with Crippen LogP contribution >= 0.6 is 34.8 Å². The van der Waals surface area contributed by atoms with E-state index in [1.807, 2.05) is 6.92 Å². The quantitative estimate of drug-likeness (QED) is 0.0744. The van der Waals surface area contributed by atoms with Gasteiger partial charge in [-0.2, -0.15) is 0 Å². The molecule has 0 radical (unpaired) electrons. The van der Waals surface area contributed by atoms with E-state index in [2.05, 4.69) is 0 Å². The van der Waals surface area contributed by atoms with Crippen LogP contribution in [0.2, 0.25) is 5.02 Å². The summed E-state index contributed by atoms with van der Waals surface area (Å²) in [6, 6.07) is 9.12. The third kappa shape index (κ3) is 4.56. The van der Waals surface area contributed by atoms with E-state index in [1.54, 1.807) is 30.3 Å². The maximum atomic E-state index is 15.2. The van der Waals surface area contributed by atoms with Crippen LogP contribution in [-0.4, -0.2) is 45.6 Å². The molecule has 8 nitrogen and oxygen atoms in total. The first-order chi connectivity index (χ1) is 24.0. The van der Waals surface area contributed by atoms with Crippen LogP contribution in [0.5, 0.6) is 11.5 Å². The molecule has 2 aliphatic carbocycles. The number of imide groups is 2. The Morgan fingerprint density at radius 2 is 1.47 bits per heavy atom. The lowest BCUT2D eigenvalue weighted by Gasteiger charge is -2.50. The standard InChI is InChI=1S/C35H24Cl3F5N2O6/c1-3-13-4-6-15(7-5-13)44-30(47)17-9-8-16-18(21(17)31(44)48)12-34(37)32(49)45(28-26(42)24(40)23(39)25(41)27(28)43)33(50)35(34,38)22(16)14-10-19(36)29(46)20(11-14)51-2/h4-8,10-11,17-18,21-22,46H,3,9,12H2,1-2H3/t17-,18+,21-,22-,34+,35-/m0/s1. The molecule has 7 rings (SSSR count). The lowest BCUT2D eigenvalue weighted by atomic mass is 9.56. The van der Waals surface area contributed by atoms with Gasteiger partial charge in [-0.05, 0) is 60.6 Å². The molecule has 2 saturated heterocycles. The van der Waals surface area contributed by atoms with Crippen molar-refractivity contribution >= 4 is 69.8 Å². The molecule has 0 aromatic heterocycles. The second-order valence-electron chi connectivity index (χ2n) is 12.8. The van der Waals surface area contributed by atoms with Gasteiger partial charge in [0.25, 0.3) is 11.8 Å². The van der Waals surface area contributed by atoms with E-state index >= 15 is 8.78 Å². The predicted molar refractivity (Wildman–Crippen MR) is 174 cm³/mol. The van der Waals surface area contributed by atoms with Gasteiger partial charge in [0.15, 0.2) is 44.5 Å². The molecule has 2 aliphatic heterocycles.